The Morgan fingerprint density at radius 2 is 1.93 bits per heavy atom. The Kier molecular flexibility index (Phi) is 4.48. The molecule has 0 spiro atoms. The van der Waals surface area contributed by atoms with Crippen LogP contribution in [0.4, 0.5) is 15.9 Å². The summed E-state index contributed by atoms with van der Waals surface area (Å²) in [5.41, 5.74) is 3.93. The standard InChI is InChI=1S/C21H19ClFN3O/c1-12-9-18-20(19(27)10-12)21(24-15-6-3-13(2)17(22)11-15)25-26(18)16-7-4-14(23)5-8-16/h3-8,11-12H,9-10H2,1-2H3,(H,24,25)/t12-/m1/s1. The van der Waals surface area contributed by atoms with Crippen LogP contribution in [0.1, 0.15) is 35.0 Å². The van der Waals surface area contributed by atoms with Crippen LogP contribution in [0.15, 0.2) is 42.5 Å². The van der Waals surface area contributed by atoms with Gasteiger partial charge in [-0.25, -0.2) is 9.07 Å². The van der Waals surface area contributed by atoms with Crippen molar-refractivity contribution in [2.45, 2.75) is 26.7 Å². The molecule has 4 rings (SSSR count). The predicted molar refractivity (Wildman–Crippen MR) is 105 cm³/mol. The molecule has 1 atom stereocenters. The Labute approximate surface area is 162 Å². The molecule has 0 aliphatic heterocycles. The van der Waals surface area contributed by atoms with Gasteiger partial charge < -0.3 is 5.32 Å². The lowest BCUT2D eigenvalue weighted by atomic mass is 9.87. The molecule has 2 aromatic carbocycles. The lowest BCUT2D eigenvalue weighted by molar-refractivity contribution is 0.0953. The highest BCUT2D eigenvalue weighted by molar-refractivity contribution is 6.31. The number of hydrogen-bond acceptors (Lipinski definition) is 3. The number of nitrogens with one attached hydrogen (secondary N) is 1. The van der Waals surface area contributed by atoms with Crippen molar-refractivity contribution in [2.75, 3.05) is 5.32 Å². The fourth-order valence-corrected chi connectivity index (χ4v) is 3.63. The van der Waals surface area contributed by atoms with E-state index in [0.717, 1.165) is 29.1 Å². The summed E-state index contributed by atoms with van der Waals surface area (Å²) in [7, 11) is 0. The van der Waals surface area contributed by atoms with E-state index in [9.17, 15) is 9.18 Å². The van der Waals surface area contributed by atoms with Gasteiger partial charge in [0.1, 0.15) is 5.82 Å². The van der Waals surface area contributed by atoms with Gasteiger partial charge in [-0.05, 0) is 61.2 Å². The fraction of sp³-hybridized carbons (Fsp3) is 0.238. The summed E-state index contributed by atoms with van der Waals surface area (Å²) in [6.07, 6.45) is 1.23. The van der Waals surface area contributed by atoms with Gasteiger partial charge in [-0.15, -0.1) is 5.10 Å². The molecule has 1 heterocycles. The van der Waals surface area contributed by atoms with E-state index in [1.165, 1.54) is 12.1 Å². The van der Waals surface area contributed by atoms with Crippen molar-refractivity contribution in [3.63, 3.8) is 0 Å². The third-order valence-electron chi connectivity index (χ3n) is 4.84. The fourth-order valence-electron chi connectivity index (χ4n) is 3.45. The van der Waals surface area contributed by atoms with Crippen molar-refractivity contribution in [2.24, 2.45) is 5.92 Å². The van der Waals surface area contributed by atoms with Gasteiger partial charge in [-0.3, -0.25) is 4.79 Å². The van der Waals surface area contributed by atoms with Crippen molar-refractivity contribution in [3.05, 3.63) is 70.1 Å². The number of rotatable bonds is 3. The van der Waals surface area contributed by atoms with E-state index >= 15 is 0 Å². The molecule has 0 unspecified atom stereocenters. The molecule has 3 aromatic rings. The van der Waals surface area contributed by atoms with E-state index < -0.39 is 0 Å². The third-order valence-corrected chi connectivity index (χ3v) is 5.25. The molecule has 0 saturated heterocycles. The Morgan fingerprint density at radius 1 is 1.19 bits per heavy atom. The maximum absolute atomic E-state index is 13.3. The lowest BCUT2D eigenvalue weighted by Gasteiger charge is -2.19. The molecule has 1 aromatic heterocycles. The summed E-state index contributed by atoms with van der Waals surface area (Å²) in [4.78, 5) is 12.7. The summed E-state index contributed by atoms with van der Waals surface area (Å²) in [6, 6.07) is 11.8. The van der Waals surface area contributed by atoms with Gasteiger partial charge in [0.05, 0.1) is 16.9 Å². The first kappa shape index (κ1) is 17.7. The smallest absolute Gasteiger partial charge is 0.168 e. The van der Waals surface area contributed by atoms with Gasteiger partial charge in [-0.1, -0.05) is 24.6 Å². The number of fused-ring (bicyclic) bond motifs is 1. The van der Waals surface area contributed by atoms with Crippen molar-refractivity contribution < 1.29 is 9.18 Å². The highest BCUT2D eigenvalue weighted by Gasteiger charge is 2.31. The van der Waals surface area contributed by atoms with Crippen molar-refractivity contribution in [3.8, 4) is 5.69 Å². The number of aromatic nitrogens is 2. The van der Waals surface area contributed by atoms with Gasteiger partial charge in [0, 0.05) is 17.1 Å². The molecule has 0 bridgehead atoms. The maximum Gasteiger partial charge on any atom is 0.168 e. The molecular formula is C21H19ClFN3O. The maximum atomic E-state index is 13.3. The minimum atomic E-state index is -0.308. The molecule has 1 aliphatic rings. The monoisotopic (exact) mass is 383 g/mol. The number of aryl methyl sites for hydroxylation is 1. The minimum Gasteiger partial charge on any atom is -0.338 e. The zero-order valence-corrected chi connectivity index (χ0v) is 15.8. The second kappa shape index (κ2) is 6.82. The Bertz CT molecular complexity index is 1030. The number of carbonyl (C=O) groups is 1. The van der Waals surface area contributed by atoms with E-state index in [2.05, 4.69) is 17.3 Å². The van der Waals surface area contributed by atoms with Crippen LogP contribution in [0, 0.1) is 18.7 Å². The second-order valence-corrected chi connectivity index (χ2v) is 7.49. The third kappa shape index (κ3) is 3.35. The van der Waals surface area contributed by atoms with Crippen LogP contribution in [0.2, 0.25) is 5.02 Å². The average molecular weight is 384 g/mol. The second-order valence-electron chi connectivity index (χ2n) is 7.08. The zero-order chi connectivity index (χ0) is 19.1. The summed E-state index contributed by atoms with van der Waals surface area (Å²) >= 11 is 6.22. The number of anilines is 2. The molecular weight excluding hydrogens is 365 g/mol. The van der Waals surface area contributed by atoms with Gasteiger partial charge in [0.25, 0.3) is 0 Å². The van der Waals surface area contributed by atoms with Crippen LogP contribution < -0.4 is 5.32 Å². The minimum absolute atomic E-state index is 0.0674. The van der Waals surface area contributed by atoms with Gasteiger partial charge in [0.15, 0.2) is 11.6 Å². The molecule has 0 saturated carbocycles. The SMILES string of the molecule is Cc1ccc(Nc2nn(-c3ccc(F)cc3)c3c2C(=O)C[C@H](C)C3)cc1Cl. The molecule has 6 heteroatoms. The summed E-state index contributed by atoms with van der Waals surface area (Å²) in [6.45, 7) is 3.98. The molecule has 0 radical (unpaired) electrons. The number of benzene rings is 2. The van der Waals surface area contributed by atoms with Crippen LogP contribution >= 0.6 is 11.6 Å². The Hall–Kier alpha value is -2.66. The normalized spacial score (nSPS) is 16.3. The van der Waals surface area contributed by atoms with E-state index in [1.54, 1.807) is 16.8 Å². The van der Waals surface area contributed by atoms with E-state index in [-0.39, 0.29) is 17.5 Å². The summed E-state index contributed by atoms with van der Waals surface area (Å²) in [5.74, 6) is 0.503. The Morgan fingerprint density at radius 3 is 2.63 bits per heavy atom. The van der Waals surface area contributed by atoms with E-state index in [4.69, 9.17) is 11.6 Å². The summed E-state index contributed by atoms with van der Waals surface area (Å²) in [5, 5.41) is 8.52. The first-order chi connectivity index (χ1) is 12.9. The highest BCUT2D eigenvalue weighted by Crippen LogP contribution is 2.34. The van der Waals surface area contributed by atoms with Gasteiger partial charge in [0.2, 0.25) is 0 Å². The highest BCUT2D eigenvalue weighted by atomic mass is 35.5. The molecule has 4 nitrogen and oxygen atoms in total. The molecule has 27 heavy (non-hydrogen) atoms. The van der Waals surface area contributed by atoms with Gasteiger partial charge in [-0.2, -0.15) is 0 Å². The van der Waals surface area contributed by atoms with Crippen LogP contribution in [0.3, 0.4) is 0 Å². The van der Waals surface area contributed by atoms with Crippen molar-refractivity contribution in [1.29, 1.82) is 0 Å². The zero-order valence-electron chi connectivity index (χ0n) is 15.1. The number of hydrogen-bond donors (Lipinski definition) is 1. The number of carbonyl (C=O) groups excluding carboxylic acids is 1. The molecule has 0 fully saturated rings. The molecule has 1 N–H and O–H groups in total. The number of Topliss-reactive ketones (excluding diaryl/α,β-unsaturated/α-hetero) is 1. The van der Waals surface area contributed by atoms with Crippen LogP contribution in [-0.4, -0.2) is 15.6 Å². The molecule has 0 amide bonds. The summed E-state index contributed by atoms with van der Waals surface area (Å²) < 4.78 is 15.1. The topological polar surface area (TPSA) is 46.9 Å². The van der Waals surface area contributed by atoms with Gasteiger partial charge >= 0.3 is 0 Å². The van der Waals surface area contributed by atoms with Crippen molar-refractivity contribution in [1.82, 2.24) is 9.78 Å². The molecule has 1 aliphatic carbocycles. The number of ketones is 1. The lowest BCUT2D eigenvalue weighted by Crippen LogP contribution is -2.19. The number of nitrogens with zero attached hydrogens (tertiary/aromatic N) is 2. The molecule has 138 valence electrons. The average Bonchev–Trinajstić information content (AvgIpc) is 2.97. The first-order valence-corrected chi connectivity index (χ1v) is 9.24. The number of halogens is 2. The predicted octanol–water partition coefficient (Wildman–Crippen LogP) is 5.48. The van der Waals surface area contributed by atoms with Crippen LogP contribution in [0.5, 0.6) is 0 Å². The largest absolute Gasteiger partial charge is 0.338 e. The quantitative estimate of drug-likeness (QED) is 0.651. The van der Waals surface area contributed by atoms with Crippen LogP contribution in [-0.2, 0) is 6.42 Å². The van der Waals surface area contributed by atoms with E-state index in [0.29, 0.717) is 22.8 Å². The van der Waals surface area contributed by atoms with Crippen molar-refractivity contribution >= 4 is 28.9 Å². The van der Waals surface area contributed by atoms with Crippen LogP contribution in [0.25, 0.3) is 5.69 Å². The first-order valence-electron chi connectivity index (χ1n) is 8.86. The Balaban J connectivity index is 1.82. The van der Waals surface area contributed by atoms with E-state index in [1.807, 2.05) is 25.1 Å².